The standard InChI is InChI=1S/C23H32N2O4S/c1-16(2)14-21(26)25-12-5-10-23(27,11-13-25)22-24-17(3)20(30-22)15-29-19-8-6-18(28-4)7-9-19/h6-9,16,27H,5,10-15H2,1-4H3. The predicted molar refractivity (Wildman–Crippen MR) is 118 cm³/mol. The molecule has 1 fully saturated rings. The van der Waals surface area contributed by atoms with Crippen molar-refractivity contribution in [1.29, 1.82) is 0 Å². The van der Waals surface area contributed by atoms with E-state index in [4.69, 9.17) is 9.47 Å². The van der Waals surface area contributed by atoms with Crippen LogP contribution in [0.3, 0.4) is 0 Å². The number of hydrogen-bond donors (Lipinski definition) is 1. The van der Waals surface area contributed by atoms with Crippen molar-refractivity contribution in [2.75, 3.05) is 20.2 Å². The topological polar surface area (TPSA) is 71.9 Å². The molecule has 1 saturated heterocycles. The number of carbonyl (C=O) groups excluding carboxylic acids is 1. The number of thiazole rings is 1. The molecule has 1 unspecified atom stereocenters. The molecule has 1 aliphatic rings. The summed E-state index contributed by atoms with van der Waals surface area (Å²) in [6, 6.07) is 7.47. The van der Waals surface area contributed by atoms with Crippen molar-refractivity contribution in [2.24, 2.45) is 5.92 Å². The molecule has 0 spiro atoms. The van der Waals surface area contributed by atoms with Crippen molar-refractivity contribution < 1.29 is 19.4 Å². The number of amides is 1. The molecule has 2 aromatic rings. The molecule has 0 radical (unpaired) electrons. The van der Waals surface area contributed by atoms with Gasteiger partial charge in [-0.05, 0) is 49.9 Å². The molecule has 2 heterocycles. The number of aliphatic hydroxyl groups is 1. The van der Waals surface area contributed by atoms with Gasteiger partial charge >= 0.3 is 0 Å². The van der Waals surface area contributed by atoms with Crippen molar-refractivity contribution in [3.05, 3.63) is 39.8 Å². The molecule has 7 heteroatoms. The molecule has 1 aliphatic heterocycles. The van der Waals surface area contributed by atoms with Crippen molar-refractivity contribution in [3.8, 4) is 11.5 Å². The third-order valence-corrected chi connectivity index (χ3v) is 6.79. The number of rotatable bonds is 7. The van der Waals surface area contributed by atoms with E-state index in [1.807, 2.05) is 36.1 Å². The van der Waals surface area contributed by atoms with Crippen LogP contribution in [0.1, 0.15) is 55.1 Å². The minimum atomic E-state index is -0.985. The van der Waals surface area contributed by atoms with E-state index in [9.17, 15) is 9.90 Å². The number of ether oxygens (including phenoxy) is 2. The summed E-state index contributed by atoms with van der Waals surface area (Å²) in [4.78, 5) is 20.0. The largest absolute Gasteiger partial charge is 0.497 e. The highest BCUT2D eigenvalue weighted by atomic mass is 32.1. The SMILES string of the molecule is COc1ccc(OCc2sc(C3(O)CCCN(C(=O)CC(C)C)CC3)nc2C)cc1. The summed E-state index contributed by atoms with van der Waals surface area (Å²) in [6.07, 6.45) is 2.46. The lowest BCUT2D eigenvalue weighted by molar-refractivity contribution is -0.132. The number of benzene rings is 1. The van der Waals surface area contributed by atoms with Crippen LogP contribution in [0.2, 0.25) is 0 Å². The van der Waals surface area contributed by atoms with Gasteiger partial charge in [0.1, 0.15) is 28.7 Å². The van der Waals surface area contributed by atoms with Gasteiger partial charge in [0.15, 0.2) is 0 Å². The van der Waals surface area contributed by atoms with E-state index in [1.54, 1.807) is 7.11 Å². The average Bonchev–Trinajstić information content (AvgIpc) is 2.97. The van der Waals surface area contributed by atoms with Crippen molar-refractivity contribution >= 4 is 17.2 Å². The maximum Gasteiger partial charge on any atom is 0.222 e. The van der Waals surface area contributed by atoms with Crippen molar-refractivity contribution in [3.63, 3.8) is 0 Å². The van der Waals surface area contributed by atoms with Gasteiger partial charge in [0.05, 0.1) is 17.7 Å². The van der Waals surface area contributed by atoms with Crippen molar-refractivity contribution in [1.82, 2.24) is 9.88 Å². The Morgan fingerprint density at radius 1 is 1.23 bits per heavy atom. The third-order valence-electron chi connectivity index (χ3n) is 5.47. The molecule has 3 rings (SSSR count). The zero-order valence-electron chi connectivity index (χ0n) is 18.3. The summed E-state index contributed by atoms with van der Waals surface area (Å²) in [6.45, 7) is 7.74. The first-order valence-electron chi connectivity index (χ1n) is 10.5. The molecule has 1 aromatic heterocycles. The normalized spacial score (nSPS) is 19.6. The van der Waals surface area contributed by atoms with Crippen LogP contribution < -0.4 is 9.47 Å². The molecule has 164 valence electrons. The highest BCUT2D eigenvalue weighted by Crippen LogP contribution is 2.37. The van der Waals surface area contributed by atoms with E-state index in [2.05, 4.69) is 18.8 Å². The van der Waals surface area contributed by atoms with Gasteiger partial charge in [-0.1, -0.05) is 13.8 Å². The second kappa shape index (κ2) is 9.79. The zero-order chi connectivity index (χ0) is 21.7. The fraction of sp³-hybridized carbons (Fsp3) is 0.565. The number of aryl methyl sites for hydroxylation is 1. The molecule has 0 bridgehead atoms. The maximum absolute atomic E-state index is 12.4. The number of methoxy groups -OCH3 is 1. The van der Waals surface area contributed by atoms with Gasteiger partial charge in [-0.2, -0.15) is 0 Å². The van der Waals surface area contributed by atoms with Gasteiger partial charge < -0.3 is 19.5 Å². The van der Waals surface area contributed by atoms with Crippen molar-refractivity contribution in [2.45, 2.75) is 58.7 Å². The van der Waals surface area contributed by atoms with Crippen LogP contribution in [0.15, 0.2) is 24.3 Å². The van der Waals surface area contributed by atoms with Crippen LogP contribution in [0, 0.1) is 12.8 Å². The molecule has 1 N–H and O–H groups in total. The molecule has 0 aliphatic carbocycles. The Balaban J connectivity index is 1.64. The van der Waals surface area contributed by atoms with Crippen LogP contribution in [-0.2, 0) is 17.0 Å². The number of aromatic nitrogens is 1. The van der Waals surface area contributed by atoms with E-state index in [1.165, 1.54) is 11.3 Å². The Hall–Kier alpha value is -2.12. The molecule has 1 amide bonds. The molecular formula is C23H32N2O4S. The van der Waals surface area contributed by atoms with E-state index in [0.29, 0.717) is 44.9 Å². The second-order valence-corrected chi connectivity index (χ2v) is 9.44. The Bertz CT molecular complexity index is 849. The Morgan fingerprint density at radius 3 is 2.60 bits per heavy atom. The summed E-state index contributed by atoms with van der Waals surface area (Å²) >= 11 is 1.51. The Morgan fingerprint density at radius 2 is 1.93 bits per heavy atom. The number of carbonyl (C=O) groups is 1. The minimum absolute atomic E-state index is 0.179. The molecule has 1 atom stereocenters. The van der Waals surface area contributed by atoms with Gasteiger partial charge in [-0.25, -0.2) is 4.98 Å². The van der Waals surface area contributed by atoms with Gasteiger partial charge in [-0.3, -0.25) is 4.79 Å². The molecule has 1 aromatic carbocycles. The smallest absolute Gasteiger partial charge is 0.222 e. The fourth-order valence-corrected chi connectivity index (χ4v) is 4.76. The van der Waals surface area contributed by atoms with E-state index >= 15 is 0 Å². The van der Waals surface area contributed by atoms with Gasteiger partial charge in [0.25, 0.3) is 0 Å². The summed E-state index contributed by atoms with van der Waals surface area (Å²) in [5.74, 6) is 2.07. The van der Waals surface area contributed by atoms with E-state index < -0.39 is 5.60 Å². The number of likely N-dealkylation sites (tertiary alicyclic amines) is 1. The molecule has 6 nitrogen and oxygen atoms in total. The quantitative estimate of drug-likeness (QED) is 0.707. The van der Waals surface area contributed by atoms with Gasteiger partial charge in [-0.15, -0.1) is 11.3 Å². The summed E-state index contributed by atoms with van der Waals surface area (Å²) in [5, 5.41) is 12.1. The first-order chi connectivity index (χ1) is 14.3. The van der Waals surface area contributed by atoms with E-state index in [-0.39, 0.29) is 5.91 Å². The first-order valence-corrected chi connectivity index (χ1v) is 11.4. The maximum atomic E-state index is 12.4. The zero-order valence-corrected chi connectivity index (χ0v) is 19.1. The lowest BCUT2D eigenvalue weighted by Gasteiger charge is -2.25. The minimum Gasteiger partial charge on any atom is -0.497 e. The van der Waals surface area contributed by atoms with Gasteiger partial charge in [0.2, 0.25) is 5.91 Å². The molecular weight excluding hydrogens is 400 g/mol. The van der Waals surface area contributed by atoms with Crippen LogP contribution >= 0.6 is 11.3 Å². The third kappa shape index (κ3) is 5.52. The molecule has 0 saturated carbocycles. The summed E-state index contributed by atoms with van der Waals surface area (Å²) in [7, 11) is 1.63. The summed E-state index contributed by atoms with van der Waals surface area (Å²) < 4.78 is 11.1. The monoisotopic (exact) mass is 432 g/mol. The highest BCUT2D eigenvalue weighted by molar-refractivity contribution is 7.11. The fourth-order valence-electron chi connectivity index (χ4n) is 3.64. The highest BCUT2D eigenvalue weighted by Gasteiger charge is 2.36. The Labute approximate surface area is 182 Å². The average molecular weight is 433 g/mol. The van der Waals surface area contributed by atoms with Crippen LogP contribution in [-0.4, -0.2) is 41.1 Å². The van der Waals surface area contributed by atoms with Crippen LogP contribution in [0.25, 0.3) is 0 Å². The first kappa shape index (κ1) is 22.6. The predicted octanol–water partition coefficient (Wildman–Crippen LogP) is 4.29. The van der Waals surface area contributed by atoms with Gasteiger partial charge in [0, 0.05) is 25.9 Å². The lowest BCUT2D eigenvalue weighted by atomic mass is 9.96. The van der Waals surface area contributed by atoms with Crippen LogP contribution in [0.5, 0.6) is 11.5 Å². The lowest BCUT2D eigenvalue weighted by Crippen LogP contribution is -2.34. The van der Waals surface area contributed by atoms with E-state index in [0.717, 1.165) is 33.5 Å². The number of nitrogens with zero attached hydrogens (tertiary/aromatic N) is 2. The Kier molecular flexibility index (Phi) is 7.36. The van der Waals surface area contributed by atoms with Crippen LogP contribution in [0.4, 0.5) is 0 Å². The number of hydrogen-bond acceptors (Lipinski definition) is 6. The summed E-state index contributed by atoms with van der Waals surface area (Å²) in [5.41, 5.74) is -0.102. The second-order valence-electron chi connectivity index (χ2n) is 8.36. The molecule has 30 heavy (non-hydrogen) atoms.